The molecule has 0 spiro atoms. The van der Waals surface area contributed by atoms with Gasteiger partial charge in [0.2, 0.25) is 0 Å². The molecule has 0 saturated heterocycles. The summed E-state index contributed by atoms with van der Waals surface area (Å²) < 4.78 is 12.3. The Morgan fingerprint density at radius 2 is 1.87 bits per heavy atom. The largest absolute Gasteiger partial charge is 0.465 e. The molecule has 1 aromatic carbocycles. The summed E-state index contributed by atoms with van der Waals surface area (Å²) in [5.74, 6) is -0.334. The second-order valence-corrected chi connectivity index (χ2v) is 12.3. The van der Waals surface area contributed by atoms with E-state index >= 15 is 0 Å². The van der Waals surface area contributed by atoms with Crippen LogP contribution in [0.1, 0.15) is 10.4 Å². The van der Waals surface area contributed by atoms with E-state index in [0.717, 1.165) is 23.9 Å². The number of esters is 1. The number of benzene rings is 1. The van der Waals surface area contributed by atoms with Crippen LogP contribution in [0.4, 0.5) is 0 Å². The third kappa shape index (κ3) is 5.04. The highest BCUT2D eigenvalue weighted by atomic mass is 28.3. The SMILES string of the molecule is COC(=O)c1ccc(-c2ccnn2COCC[Si](C)(C)C)cc1. The van der Waals surface area contributed by atoms with Crippen LogP contribution in [-0.2, 0) is 16.2 Å². The van der Waals surface area contributed by atoms with Gasteiger partial charge in [-0.25, -0.2) is 9.48 Å². The van der Waals surface area contributed by atoms with E-state index in [2.05, 4.69) is 24.7 Å². The second kappa shape index (κ2) is 7.57. The smallest absolute Gasteiger partial charge is 0.337 e. The molecule has 1 aromatic heterocycles. The van der Waals surface area contributed by atoms with Gasteiger partial charge in [0.05, 0.1) is 18.4 Å². The molecule has 6 heteroatoms. The highest BCUT2D eigenvalue weighted by Crippen LogP contribution is 2.20. The van der Waals surface area contributed by atoms with Crippen molar-refractivity contribution in [3.05, 3.63) is 42.1 Å². The predicted octanol–water partition coefficient (Wildman–Crippen LogP) is 3.65. The van der Waals surface area contributed by atoms with Crippen molar-refractivity contribution in [3.63, 3.8) is 0 Å². The minimum atomic E-state index is -1.08. The van der Waals surface area contributed by atoms with E-state index in [4.69, 9.17) is 9.47 Å². The summed E-state index contributed by atoms with van der Waals surface area (Å²) in [5.41, 5.74) is 2.49. The van der Waals surface area contributed by atoms with Crippen LogP contribution in [0, 0.1) is 0 Å². The number of ether oxygens (including phenoxy) is 2. The first kappa shape index (κ1) is 17.4. The number of nitrogens with zero attached hydrogens (tertiary/aromatic N) is 2. The molecule has 0 fully saturated rings. The monoisotopic (exact) mass is 332 g/mol. The van der Waals surface area contributed by atoms with Gasteiger partial charge in [-0.15, -0.1) is 0 Å². The molecule has 0 aliphatic rings. The Kier molecular flexibility index (Phi) is 5.73. The van der Waals surface area contributed by atoms with Crippen molar-refractivity contribution in [2.45, 2.75) is 32.4 Å². The normalized spacial score (nSPS) is 11.5. The fourth-order valence-corrected chi connectivity index (χ4v) is 2.86. The number of methoxy groups -OCH3 is 1. The van der Waals surface area contributed by atoms with Gasteiger partial charge in [-0.1, -0.05) is 31.8 Å². The maximum atomic E-state index is 11.5. The van der Waals surface area contributed by atoms with Crippen LogP contribution in [0.3, 0.4) is 0 Å². The highest BCUT2D eigenvalue weighted by Gasteiger charge is 2.13. The zero-order valence-electron chi connectivity index (χ0n) is 14.2. The van der Waals surface area contributed by atoms with E-state index < -0.39 is 8.07 Å². The molecule has 0 bridgehead atoms. The number of hydrogen-bond acceptors (Lipinski definition) is 4. The zero-order valence-corrected chi connectivity index (χ0v) is 15.2. The summed E-state index contributed by atoms with van der Waals surface area (Å²) in [6.45, 7) is 8.19. The number of carbonyl (C=O) groups excluding carboxylic acids is 1. The lowest BCUT2D eigenvalue weighted by Crippen LogP contribution is -2.22. The van der Waals surface area contributed by atoms with Crippen molar-refractivity contribution in [1.29, 1.82) is 0 Å². The molecule has 0 atom stereocenters. The second-order valence-electron chi connectivity index (χ2n) is 6.63. The van der Waals surface area contributed by atoms with Crippen LogP contribution in [0.25, 0.3) is 11.3 Å². The van der Waals surface area contributed by atoms with Gasteiger partial charge in [0.1, 0.15) is 6.73 Å². The maximum Gasteiger partial charge on any atom is 0.337 e. The van der Waals surface area contributed by atoms with Crippen LogP contribution in [0.15, 0.2) is 36.5 Å². The van der Waals surface area contributed by atoms with E-state index in [9.17, 15) is 4.79 Å². The molecule has 0 saturated carbocycles. The van der Waals surface area contributed by atoms with E-state index in [0.29, 0.717) is 12.3 Å². The molecule has 0 aliphatic carbocycles. The Bertz CT molecular complexity index is 645. The molecule has 0 aliphatic heterocycles. The van der Waals surface area contributed by atoms with Gasteiger partial charge in [-0.05, 0) is 29.8 Å². The van der Waals surface area contributed by atoms with Crippen molar-refractivity contribution in [2.75, 3.05) is 13.7 Å². The van der Waals surface area contributed by atoms with Crippen molar-refractivity contribution >= 4 is 14.0 Å². The number of hydrogen-bond donors (Lipinski definition) is 0. The average molecular weight is 332 g/mol. The molecular formula is C17H24N2O3Si. The summed E-state index contributed by atoms with van der Waals surface area (Å²) >= 11 is 0. The van der Waals surface area contributed by atoms with Crippen LogP contribution >= 0.6 is 0 Å². The number of rotatable bonds is 7. The van der Waals surface area contributed by atoms with Crippen LogP contribution in [-0.4, -0.2) is 37.5 Å². The Morgan fingerprint density at radius 3 is 2.48 bits per heavy atom. The molecular weight excluding hydrogens is 308 g/mol. The first-order valence-corrected chi connectivity index (χ1v) is 11.4. The van der Waals surface area contributed by atoms with Crippen LogP contribution in [0.5, 0.6) is 0 Å². The first-order chi connectivity index (χ1) is 10.9. The summed E-state index contributed by atoms with van der Waals surface area (Å²) in [6.07, 6.45) is 1.76. The van der Waals surface area contributed by atoms with E-state index in [-0.39, 0.29) is 5.97 Å². The van der Waals surface area contributed by atoms with Crippen molar-refractivity contribution in [3.8, 4) is 11.3 Å². The Hall–Kier alpha value is -1.92. The first-order valence-electron chi connectivity index (χ1n) is 7.69. The molecule has 2 rings (SSSR count). The minimum absolute atomic E-state index is 0.334. The average Bonchev–Trinajstić information content (AvgIpc) is 2.98. The lowest BCUT2D eigenvalue weighted by Gasteiger charge is -2.16. The lowest BCUT2D eigenvalue weighted by molar-refractivity contribution is 0.0600. The van der Waals surface area contributed by atoms with Crippen molar-refractivity contribution < 1.29 is 14.3 Å². The van der Waals surface area contributed by atoms with E-state index in [1.54, 1.807) is 18.3 Å². The summed E-state index contributed by atoms with van der Waals surface area (Å²) in [4.78, 5) is 11.5. The van der Waals surface area contributed by atoms with Gasteiger partial charge in [0, 0.05) is 20.9 Å². The lowest BCUT2D eigenvalue weighted by atomic mass is 10.1. The molecule has 1 heterocycles. The van der Waals surface area contributed by atoms with Crippen LogP contribution < -0.4 is 0 Å². The number of aromatic nitrogens is 2. The molecule has 2 aromatic rings. The number of carbonyl (C=O) groups is 1. The van der Waals surface area contributed by atoms with Gasteiger partial charge < -0.3 is 9.47 Å². The van der Waals surface area contributed by atoms with E-state index in [1.165, 1.54) is 7.11 Å². The standard InChI is InChI=1S/C17H24N2O3Si/c1-21-17(20)15-7-5-14(6-8-15)16-9-10-18-19(16)13-22-11-12-23(2,3)4/h5-10H,11-13H2,1-4H3. The third-order valence-corrected chi connectivity index (χ3v) is 5.23. The third-order valence-electron chi connectivity index (χ3n) is 3.53. The van der Waals surface area contributed by atoms with E-state index in [1.807, 2.05) is 22.9 Å². The fourth-order valence-electron chi connectivity index (χ4n) is 2.11. The molecule has 0 unspecified atom stereocenters. The summed E-state index contributed by atoms with van der Waals surface area (Å²) in [6, 6.07) is 10.4. The Morgan fingerprint density at radius 1 is 1.17 bits per heavy atom. The Labute approximate surface area is 138 Å². The fraction of sp³-hybridized carbons (Fsp3) is 0.412. The van der Waals surface area contributed by atoms with Gasteiger partial charge in [-0.3, -0.25) is 0 Å². The molecule has 0 N–H and O–H groups in total. The van der Waals surface area contributed by atoms with Gasteiger partial charge in [-0.2, -0.15) is 5.10 Å². The molecule has 5 nitrogen and oxygen atoms in total. The topological polar surface area (TPSA) is 53.3 Å². The van der Waals surface area contributed by atoms with Gasteiger partial charge in [0.25, 0.3) is 0 Å². The quantitative estimate of drug-likeness (QED) is 0.441. The zero-order chi connectivity index (χ0) is 16.9. The van der Waals surface area contributed by atoms with Crippen LogP contribution in [0.2, 0.25) is 25.7 Å². The van der Waals surface area contributed by atoms with Crippen molar-refractivity contribution in [2.24, 2.45) is 0 Å². The molecule has 23 heavy (non-hydrogen) atoms. The van der Waals surface area contributed by atoms with Crippen molar-refractivity contribution in [1.82, 2.24) is 9.78 Å². The summed E-state index contributed by atoms with van der Waals surface area (Å²) in [5, 5.41) is 4.31. The molecule has 0 radical (unpaired) electrons. The summed E-state index contributed by atoms with van der Waals surface area (Å²) in [7, 11) is 0.302. The van der Waals surface area contributed by atoms with Gasteiger partial charge >= 0.3 is 5.97 Å². The van der Waals surface area contributed by atoms with Gasteiger partial charge in [0.15, 0.2) is 0 Å². The minimum Gasteiger partial charge on any atom is -0.465 e. The molecule has 0 amide bonds. The predicted molar refractivity (Wildman–Crippen MR) is 93.1 cm³/mol. The molecule has 124 valence electrons. The maximum absolute atomic E-state index is 11.5. The highest BCUT2D eigenvalue weighted by molar-refractivity contribution is 6.76. The Balaban J connectivity index is 2.01.